The Morgan fingerprint density at radius 1 is 1.17 bits per heavy atom. The van der Waals surface area contributed by atoms with Crippen LogP contribution in [0.1, 0.15) is 11.1 Å². The highest BCUT2D eigenvalue weighted by Crippen LogP contribution is 2.11. The molecule has 0 spiro atoms. The number of para-hydroxylation sites is 1. The molecule has 0 radical (unpaired) electrons. The molecule has 1 heterocycles. The fourth-order valence-corrected chi connectivity index (χ4v) is 2.71. The minimum absolute atomic E-state index is 0.0750. The van der Waals surface area contributed by atoms with E-state index in [0.29, 0.717) is 13.1 Å². The maximum atomic E-state index is 12.2. The van der Waals surface area contributed by atoms with Crippen molar-refractivity contribution in [2.75, 3.05) is 13.7 Å². The molecule has 1 unspecified atom stereocenters. The van der Waals surface area contributed by atoms with Crippen molar-refractivity contribution in [2.24, 2.45) is 10.9 Å². The van der Waals surface area contributed by atoms with Crippen LogP contribution in [-0.2, 0) is 11.3 Å². The van der Waals surface area contributed by atoms with Gasteiger partial charge in [-0.15, -0.1) is 0 Å². The Bertz CT molecular complexity index is 825. The van der Waals surface area contributed by atoms with Gasteiger partial charge in [-0.05, 0) is 35.4 Å². The summed E-state index contributed by atoms with van der Waals surface area (Å²) in [4.78, 5) is 16.4. The Morgan fingerprint density at radius 3 is 2.70 bits per heavy atom. The third-order valence-electron chi connectivity index (χ3n) is 4.04. The van der Waals surface area contributed by atoms with Crippen LogP contribution in [0.4, 0.5) is 0 Å². The molecule has 3 rings (SSSR count). The molecular weight excluding hydrogens is 288 g/mol. The second-order valence-corrected chi connectivity index (χ2v) is 5.71. The molecule has 4 heteroatoms. The van der Waals surface area contributed by atoms with Crippen molar-refractivity contribution in [3.8, 4) is 5.75 Å². The number of nitrogens with one attached hydrogen (secondary N) is 1. The lowest BCUT2D eigenvalue weighted by molar-refractivity contribution is -0.120. The molecule has 1 amide bonds. The second kappa shape index (κ2) is 6.75. The van der Waals surface area contributed by atoms with Gasteiger partial charge in [-0.1, -0.05) is 36.4 Å². The number of methoxy groups -OCH3 is 1. The second-order valence-electron chi connectivity index (χ2n) is 5.71. The van der Waals surface area contributed by atoms with Crippen molar-refractivity contribution in [3.63, 3.8) is 0 Å². The van der Waals surface area contributed by atoms with E-state index in [0.717, 1.165) is 27.5 Å². The van der Waals surface area contributed by atoms with E-state index in [1.165, 1.54) is 0 Å². The number of fused-ring (bicyclic) bond motifs is 1. The van der Waals surface area contributed by atoms with Crippen LogP contribution < -0.4 is 20.6 Å². The number of carbonyl (C=O) groups is 1. The topological polar surface area (TPSA) is 50.7 Å². The van der Waals surface area contributed by atoms with Crippen molar-refractivity contribution in [2.45, 2.75) is 13.5 Å². The van der Waals surface area contributed by atoms with Crippen molar-refractivity contribution in [1.82, 2.24) is 5.32 Å². The number of hydrogen-bond acceptors (Lipinski definition) is 3. The van der Waals surface area contributed by atoms with E-state index < -0.39 is 0 Å². The van der Waals surface area contributed by atoms with Crippen molar-refractivity contribution >= 4 is 12.0 Å². The van der Waals surface area contributed by atoms with Gasteiger partial charge in [0.15, 0.2) is 0 Å². The average molecular weight is 308 g/mol. The van der Waals surface area contributed by atoms with Gasteiger partial charge in [0.25, 0.3) is 5.91 Å². The van der Waals surface area contributed by atoms with E-state index in [9.17, 15) is 4.79 Å². The van der Waals surface area contributed by atoms with E-state index in [2.05, 4.69) is 10.3 Å². The Kier molecular flexibility index (Phi) is 4.53. The van der Waals surface area contributed by atoms with Crippen LogP contribution in [0.3, 0.4) is 0 Å². The zero-order valence-corrected chi connectivity index (χ0v) is 13.4. The van der Waals surface area contributed by atoms with E-state index in [1.54, 1.807) is 7.11 Å². The smallest absolute Gasteiger partial charge is 0.254 e. The first-order valence-corrected chi connectivity index (χ1v) is 7.71. The molecule has 0 saturated carbocycles. The first kappa shape index (κ1) is 15.4. The van der Waals surface area contributed by atoms with Gasteiger partial charge in [0.2, 0.25) is 0 Å². The molecule has 1 atom stereocenters. The summed E-state index contributed by atoms with van der Waals surface area (Å²) in [5.74, 6) is 0.562. The predicted octanol–water partition coefficient (Wildman–Crippen LogP) is 1.35. The largest absolute Gasteiger partial charge is 0.497 e. The van der Waals surface area contributed by atoms with Crippen LogP contribution in [0.25, 0.3) is 6.08 Å². The van der Waals surface area contributed by atoms with Gasteiger partial charge >= 0.3 is 0 Å². The van der Waals surface area contributed by atoms with E-state index >= 15 is 0 Å². The van der Waals surface area contributed by atoms with Gasteiger partial charge in [0, 0.05) is 13.1 Å². The minimum atomic E-state index is -0.206. The molecule has 0 bridgehead atoms. The van der Waals surface area contributed by atoms with Crippen molar-refractivity contribution in [3.05, 3.63) is 64.2 Å². The van der Waals surface area contributed by atoms with E-state index in [-0.39, 0.29) is 11.8 Å². The van der Waals surface area contributed by atoms with E-state index in [1.807, 2.05) is 55.5 Å². The molecule has 118 valence electrons. The molecule has 2 aromatic rings. The summed E-state index contributed by atoms with van der Waals surface area (Å²) in [6.45, 7) is 3.27. The maximum Gasteiger partial charge on any atom is 0.254 e. The first-order valence-electron chi connectivity index (χ1n) is 7.71. The third-order valence-corrected chi connectivity index (χ3v) is 4.04. The van der Waals surface area contributed by atoms with Gasteiger partial charge in [0.1, 0.15) is 5.75 Å². The molecule has 1 aliphatic heterocycles. The Labute approximate surface area is 135 Å². The Hall–Kier alpha value is -2.46. The summed E-state index contributed by atoms with van der Waals surface area (Å²) in [7, 11) is 1.65. The number of hydrogen-bond donors (Lipinski definition) is 1. The Balaban J connectivity index is 1.65. The quantitative estimate of drug-likeness (QED) is 0.907. The fraction of sp³-hybridized carbons (Fsp3) is 0.263. The van der Waals surface area contributed by atoms with Crippen LogP contribution >= 0.6 is 0 Å². The minimum Gasteiger partial charge on any atom is -0.497 e. The lowest BCUT2D eigenvalue weighted by Crippen LogP contribution is -2.38. The number of rotatable bonds is 5. The molecule has 0 aliphatic carbocycles. The number of amides is 1. The van der Waals surface area contributed by atoms with Gasteiger partial charge in [-0.3, -0.25) is 4.79 Å². The lowest BCUT2D eigenvalue weighted by atomic mass is 10.0. The molecule has 0 saturated heterocycles. The summed E-state index contributed by atoms with van der Waals surface area (Å²) < 4.78 is 5.14. The number of ether oxygens (including phenoxy) is 1. The predicted molar refractivity (Wildman–Crippen MR) is 89.6 cm³/mol. The summed E-state index contributed by atoms with van der Waals surface area (Å²) in [6.07, 6.45) is 2.01. The van der Waals surface area contributed by atoms with Crippen molar-refractivity contribution in [1.29, 1.82) is 0 Å². The SMILES string of the molecule is COc1ccc(CNCC2C=c3cccc(C)c3=NC2=O)cc1. The zero-order chi connectivity index (χ0) is 16.2. The molecule has 23 heavy (non-hydrogen) atoms. The standard InChI is InChI=1S/C19H20N2O2/c1-13-4-3-5-15-10-16(19(22)21-18(13)15)12-20-11-14-6-8-17(23-2)9-7-14/h3-10,16,20H,11-12H2,1-2H3. The Morgan fingerprint density at radius 2 is 1.96 bits per heavy atom. The van der Waals surface area contributed by atoms with E-state index in [4.69, 9.17) is 4.74 Å². The monoisotopic (exact) mass is 308 g/mol. The molecule has 0 fully saturated rings. The van der Waals surface area contributed by atoms with Gasteiger partial charge in [-0.2, -0.15) is 0 Å². The van der Waals surface area contributed by atoms with Crippen LogP contribution in [0, 0.1) is 12.8 Å². The van der Waals surface area contributed by atoms with Gasteiger partial charge in [-0.25, -0.2) is 4.99 Å². The molecule has 4 nitrogen and oxygen atoms in total. The fourth-order valence-electron chi connectivity index (χ4n) is 2.71. The zero-order valence-electron chi connectivity index (χ0n) is 13.4. The van der Waals surface area contributed by atoms with Gasteiger partial charge < -0.3 is 10.1 Å². The lowest BCUT2D eigenvalue weighted by Gasteiger charge is -2.14. The summed E-state index contributed by atoms with van der Waals surface area (Å²) in [5.41, 5.74) is 2.19. The highest BCUT2D eigenvalue weighted by atomic mass is 16.5. The third kappa shape index (κ3) is 3.48. The summed E-state index contributed by atoms with van der Waals surface area (Å²) in [6, 6.07) is 13.9. The van der Waals surface area contributed by atoms with Gasteiger partial charge in [0.05, 0.1) is 18.4 Å². The highest BCUT2D eigenvalue weighted by Gasteiger charge is 2.18. The number of benzene rings is 2. The van der Waals surface area contributed by atoms with Crippen LogP contribution in [0.15, 0.2) is 47.5 Å². The average Bonchev–Trinajstić information content (AvgIpc) is 2.57. The molecule has 2 aromatic carbocycles. The molecule has 0 aromatic heterocycles. The number of aryl methyl sites for hydroxylation is 1. The highest BCUT2D eigenvalue weighted by molar-refractivity contribution is 5.86. The van der Waals surface area contributed by atoms with Crippen LogP contribution in [-0.4, -0.2) is 19.6 Å². The number of nitrogens with zero attached hydrogens (tertiary/aromatic N) is 1. The molecule has 1 N–H and O–H groups in total. The summed E-state index contributed by atoms with van der Waals surface area (Å²) in [5, 5.41) is 5.18. The normalized spacial score (nSPS) is 16.3. The maximum absolute atomic E-state index is 12.2. The number of carbonyl (C=O) groups excluding carboxylic acids is 1. The first-order chi connectivity index (χ1) is 11.2. The molecular formula is C19H20N2O2. The van der Waals surface area contributed by atoms with Crippen LogP contribution in [0.5, 0.6) is 5.75 Å². The molecule has 1 aliphatic rings. The summed E-state index contributed by atoms with van der Waals surface area (Å²) >= 11 is 0. The van der Waals surface area contributed by atoms with Crippen molar-refractivity contribution < 1.29 is 9.53 Å². The van der Waals surface area contributed by atoms with Crippen LogP contribution in [0.2, 0.25) is 0 Å².